The van der Waals surface area contributed by atoms with Crippen molar-refractivity contribution in [1.29, 1.82) is 0 Å². The van der Waals surface area contributed by atoms with Crippen molar-refractivity contribution in [2.24, 2.45) is 0 Å². The average Bonchev–Trinajstić information content (AvgIpc) is 3.48. The maximum atomic E-state index is 13.1. The van der Waals surface area contributed by atoms with Crippen molar-refractivity contribution in [2.75, 3.05) is 43.0 Å². The van der Waals surface area contributed by atoms with Gasteiger partial charge in [0.1, 0.15) is 30.3 Å². The van der Waals surface area contributed by atoms with Crippen LogP contribution in [0.15, 0.2) is 85.2 Å². The van der Waals surface area contributed by atoms with E-state index in [2.05, 4.69) is 20.2 Å². The van der Waals surface area contributed by atoms with Gasteiger partial charge >= 0.3 is 0 Å². The molecule has 2 aliphatic rings. The first-order chi connectivity index (χ1) is 18.7. The fourth-order valence-corrected chi connectivity index (χ4v) is 4.88. The molecule has 1 aromatic heterocycles. The largest absolute Gasteiger partial charge is 0.489 e. The van der Waals surface area contributed by atoms with E-state index in [1.54, 1.807) is 11.0 Å². The van der Waals surface area contributed by atoms with Gasteiger partial charge in [-0.25, -0.2) is 9.97 Å². The number of hydrogen-bond acceptors (Lipinski definition) is 7. The molecule has 0 unspecified atom stereocenters. The van der Waals surface area contributed by atoms with Crippen LogP contribution in [0.2, 0.25) is 0 Å². The Hall–Kier alpha value is -4.43. The normalized spacial score (nSPS) is 15.4. The van der Waals surface area contributed by atoms with Gasteiger partial charge in [0.05, 0.1) is 23.1 Å². The minimum atomic E-state index is -0.0477. The molecular weight excluding hydrogens is 478 g/mol. The lowest BCUT2D eigenvalue weighted by molar-refractivity contribution is -0.114. The Morgan fingerprint density at radius 2 is 1.74 bits per heavy atom. The number of aromatic nitrogens is 2. The number of likely N-dealkylation sites (tertiary alicyclic amines) is 1. The van der Waals surface area contributed by atoms with Gasteiger partial charge in [0.2, 0.25) is 0 Å². The summed E-state index contributed by atoms with van der Waals surface area (Å²) in [6.07, 6.45) is 7.63. The third kappa shape index (κ3) is 5.17. The maximum absolute atomic E-state index is 13.1. The Balaban J connectivity index is 1.24. The molecule has 4 aromatic rings. The van der Waals surface area contributed by atoms with Crippen LogP contribution < -0.4 is 19.7 Å². The summed E-state index contributed by atoms with van der Waals surface area (Å²) in [5.74, 6) is 2.70. The number of nitrogens with zero attached hydrogens (tertiary/aromatic N) is 4. The minimum absolute atomic E-state index is 0.0477. The lowest BCUT2D eigenvalue weighted by Crippen LogP contribution is -2.37. The number of amides is 1. The Kier molecular flexibility index (Phi) is 6.87. The van der Waals surface area contributed by atoms with E-state index < -0.39 is 0 Å². The van der Waals surface area contributed by atoms with Crippen LogP contribution in [0.3, 0.4) is 0 Å². The van der Waals surface area contributed by atoms with Crippen LogP contribution >= 0.6 is 0 Å². The first-order valence-electron chi connectivity index (χ1n) is 13.0. The molecule has 6 rings (SSSR count). The Labute approximate surface area is 221 Å². The van der Waals surface area contributed by atoms with E-state index in [1.807, 2.05) is 72.8 Å². The molecule has 8 heteroatoms. The van der Waals surface area contributed by atoms with Crippen LogP contribution in [0.5, 0.6) is 17.2 Å². The predicted octanol–water partition coefficient (Wildman–Crippen LogP) is 5.54. The molecule has 8 nitrogen and oxygen atoms in total. The Morgan fingerprint density at radius 1 is 0.947 bits per heavy atom. The van der Waals surface area contributed by atoms with Crippen LogP contribution in [0, 0.1) is 0 Å². The number of carbonyl (C=O) groups is 1. The van der Waals surface area contributed by atoms with Gasteiger partial charge in [-0.05, 0) is 74.5 Å². The van der Waals surface area contributed by atoms with Crippen LogP contribution in [0.1, 0.15) is 12.8 Å². The molecule has 38 heavy (non-hydrogen) atoms. The highest BCUT2D eigenvalue weighted by atomic mass is 16.5. The average molecular weight is 508 g/mol. The lowest BCUT2D eigenvalue weighted by Gasteiger charge is -2.30. The molecule has 0 atom stereocenters. The van der Waals surface area contributed by atoms with Gasteiger partial charge < -0.3 is 19.7 Å². The second kappa shape index (κ2) is 10.9. The zero-order valence-corrected chi connectivity index (χ0v) is 21.0. The molecule has 0 saturated carbocycles. The summed E-state index contributed by atoms with van der Waals surface area (Å²) in [6.45, 7) is 3.90. The van der Waals surface area contributed by atoms with E-state index in [0.29, 0.717) is 24.7 Å². The molecule has 0 bridgehead atoms. The fourth-order valence-electron chi connectivity index (χ4n) is 4.88. The van der Waals surface area contributed by atoms with Gasteiger partial charge in [-0.3, -0.25) is 9.69 Å². The number of carbonyl (C=O) groups excluding carboxylic acids is 1. The number of anilines is 3. The Morgan fingerprint density at radius 3 is 2.55 bits per heavy atom. The molecule has 1 amide bonds. The first-order valence-corrected chi connectivity index (χ1v) is 13.0. The number of nitrogens with one attached hydrogen (secondary N) is 1. The fraction of sp³-hybridized carbons (Fsp3) is 0.233. The molecule has 1 N–H and O–H groups in total. The minimum Gasteiger partial charge on any atom is -0.489 e. The summed E-state index contributed by atoms with van der Waals surface area (Å²) in [7, 11) is 0. The smallest absolute Gasteiger partial charge is 0.250 e. The molecule has 1 fully saturated rings. The van der Waals surface area contributed by atoms with E-state index in [4.69, 9.17) is 9.47 Å². The number of rotatable bonds is 7. The van der Waals surface area contributed by atoms with Crippen molar-refractivity contribution in [3.8, 4) is 17.2 Å². The summed E-state index contributed by atoms with van der Waals surface area (Å²) >= 11 is 0. The van der Waals surface area contributed by atoms with Crippen molar-refractivity contribution in [3.05, 3.63) is 85.2 Å². The molecule has 1 saturated heterocycles. The zero-order chi connectivity index (χ0) is 25.7. The van der Waals surface area contributed by atoms with Crippen molar-refractivity contribution < 1.29 is 14.3 Å². The van der Waals surface area contributed by atoms with Crippen LogP contribution in [0.4, 0.5) is 17.2 Å². The van der Waals surface area contributed by atoms with Crippen molar-refractivity contribution in [1.82, 2.24) is 14.9 Å². The monoisotopic (exact) mass is 507 g/mol. The topological polar surface area (TPSA) is 79.8 Å². The quantitative estimate of drug-likeness (QED) is 0.329. The van der Waals surface area contributed by atoms with E-state index in [9.17, 15) is 4.79 Å². The van der Waals surface area contributed by atoms with Crippen molar-refractivity contribution in [3.63, 3.8) is 0 Å². The van der Waals surface area contributed by atoms with Crippen molar-refractivity contribution >= 4 is 34.0 Å². The molecule has 192 valence electrons. The summed E-state index contributed by atoms with van der Waals surface area (Å²) < 4.78 is 12.0. The number of fused-ring (bicyclic) bond motifs is 3. The molecule has 3 aromatic carbocycles. The van der Waals surface area contributed by atoms with Crippen LogP contribution in [-0.2, 0) is 4.79 Å². The first kappa shape index (κ1) is 23.9. The molecular formula is C30H29N5O3. The zero-order valence-electron chi connectivity index (χ0n) is 21.0. The van der Waals surface area contributed by atoms with Gasteiger partial charge in [-0.1, -0.05) is 24.3 Å². The summed E-state index contributed by atoms with van der Waals surface area (Å²) in [6, 6.07) is 21.1. The number of ether oxygens (including phenoxy) is 2. The molecule has 0 radical (unpaired) electrons. The predicted molar refractivity (Wildman–Crippen MR) is 148 cm³/mol. The third-order valence-corrected chi connectivity index (χ3v) is 6.77. The van der Waals surface area contributed by atoms with E-state index >= 15 is 0 Å². The van der Waals surface area contributed by atoms with Gasteiger partial charge in [-0.2, -0.15) is 0 Å². The molecule has 2 aliphatic heterocycles. The van der Waals surface area contributed by atoms with Gasteiger partial charge in [0.15, 0.2) is 5.75 Å². The lowest BCUT2D eigenvalue weighted by atomic mass is 10.1. The second-order valence-electron chi connectivity index (χ2n) is 9.34. The summed E-state index contributed by atoms with van der Waals surface area (Å²) in [4.78, 5) is 26.2. The SMILES string of the molecule is O=C(/C=C/CN1CCCC1)N1CCOc2c1ccc1ncnc(Nc3ccc(Oc4ccccc4)cc3)c21. The standard InChI is InChI=1S/C30H29N5O3/c36-27(9-6-18-34-16-4-5-17-34)35-19-20-37-29-26(35)15-14-25-28(29)30(32-21-31-25)33-22-10-12-24(13-11-22)38-23-7-2-1-3-8-23/h1-3,6-15,21H,4-5,16-20H2,(H,31,32,33)/b9-6+. The van der Waals surface area contributed by atoms with Crippen LogP contribution in [0.25, 0.3) is 10.9 Å². The second-order valence-corrected chi connectivity index (χ2v) is 9.34. The van der Waals surface area contributed by atoms with Gasteiger partial charge in [0.25, 0.3) is 5.91 Å². The van der Waals surface area contributed by atoms with Crippen molar-refractivity contribution in [2.45, 2.75) is 12.8 Å². The highest BCUT2D eigenvalue weighted by Crippen LogP contribution is 2.41. The highest BCUT2D eigenvalue weighted by molar-refractivity contribution is 6.07. The number of hydrogen-bond donors (Lipinski definition) is 1. The van der Waals surface area contributed by atoms with E-state index in [-0.39, 0.29) is 5.91 Å². The molecule has 0 spiro atoms. The van der Waals surface area contributed by atoms with Gasteiger partial charge in [0, 0.05) is 18.3 Å². The highest BCUT2D eigenvalue weighted by Gasteiger charge is 2.26. The number of para-hydroxylation sites is 1. The van der Waals surface area contributed by atoms with Gasteiger partial charge in [-0.15, -0.1) is 0 Å². The summed E-state index contributed by atoms with van der Waals surface area (Å²) in [5.41, 5.74) is 2.31. The Bertz CT molecular complexity index is 1450. The number of benzene rings is 3. The summed E-state index contributed by atoms with van der Waals surface area (Å²) in [5, 5.41) is 4.13. The maximum Gasteiger partial charge on any atom is 0.250 e. The van der Waals surface area contributed by atoms with E-state index in [1.165, 1.54) is 19.2 Å². The third-order valence-electron chi connectivity index (χ3n) is 6.77. The molecule has 0 aliphatic carbocycles. The molecule has 3 heterocycles. The van der Waals surface area contributed by atoms with E-state index in [0.717, 1.165) is 53.4 Å². The van der Waals surface area contributed by atoms with Crippen LogP contribution in [-0.4, -0.2) is 53.6 Å².